The van der Waals surface area contributed by atoms with Gasteiger partial charge in [0.15, 0.2) is 5.78 Å². The van der Waals surface area contributed by atoms with Crippen LogP contribution in [0.4, 0.5) is 29.3 Å². The zero-order valence-corrected chi connectivity index (χ0v) is 23.4. The first kappa shape index (κ1) is 29.5. The molecule has 4 aromatic rings. The van der Waals surface area contributed by atoms with Crippen molar-refractivity contribution in [3.8, 4) is 0 Å². The number of carbonyl (C=O) groups excluding carboxylic acids is 3. The normalized spacial score (nSPS) is 14.8. The highest BCUT2D eigenvalue weighted by molar-refractivity contribution is 6.31. The maximum Gasteiger partial charge on any atom is 0.417 e. The zero-order chi connectivity index (χ0) is 30.7. The number of Topliss-reactive ketones (excluding diaryl/α,β-unsaturated/α-hetero) is 1. The lowest BCUT2D eigenvalue weighted by Gasteiger charge is -2.25. The van der Waals surface area contributed by atoms with Crippen molar-refractivity contribution in [3.05, 3.63) is 130 Å². The van der Waals surface area contributed by atoms with Crippen LogP contribution in [0.2, 0.25) is 5.02 Å². The summed E-state index contributed by atoms with van der Waals surface area (Å²) >= 11 is 5.70. The van der Waals surface area contributed by atoms with Crippen LogP contribution in [0, 0.1) is 6.92 Å². The molecule has 1 heterocycles. The molecule has 7 nitrogen and oxygen atoms in total. The van der Waals surface area contributed by atoms with E-state index in [1.165, 1.54) is 11.0 Å². The molecule has 1 aliphatic rings. The number of ketones is 1. The third kappa shape index (κ3) is 6.44. The maximum atomic E-state index is 14.0. The molecule has 1 atom stereocenters. The molecule has 0 bridgehead atoms. The van der Waals surface area contributed by atoms with E-state index in [1.807, 2.05) is 6.07 Å². The second kappa shape index (κ2) is 12.1. The van der Waals surface area contributed by atoms with E-state index in [1.54, 1.807) is 79.7 Å². The highest BCUT2D eigenvalue weighted by Crippen LogP contribution is 2.36. The summed E-state index contributed by atoms with van der Waals surface area (Å²) in [5.41, 5.74) is 1.84. The molecule has 0 aliphatic carbocycles. The summed E-state index contributed by atoms with van der Waals surface area (Å²) in [5.74, 6) is -1.03. The van der Waals surface area contributed by atoms with Crippen molar-refractivity contribution in [2.45, 2.75) is 19.3 Å². The lowest BCUT2D eigenvalue weighted by Crippen LogP contribution is -2.50. The van der Waals surface area contributed by atoms with Gasteiger partial charge in [-0.05, 0) is 36.8 Å². The number of benzodiazepines with no additional fused rings is 1. The van der Waals surface area contributed by atoms with Crippen molar-refractivity contribution in [3.63, 3.8) is 0 Å². The SMILES string of the molecule is Cc1ccccc1C(=O)CN1C(=O)C(NC(=O)Nc2ccc(Cl)c(C(F)(F)F)c2)N=C(c2ccccc2)c2ccccc21. The van der Waals surface area contributed by atoms with Crippen LogP contribution in [0.25, 0.3) is 0 Å². The predicted molar refractivity (Wildman–Crippen MR) is 159 cm³/mol. The number of halogens is 4. The number of nitrogens with zero attached hydrogens (tertiary/aromatic N) is 2. The summed E-state index contributed by atoms with van der Waals surface area (Å²) in [6.07, 6.45) is -6.27. The van der Waals surface area contributed by atoms with Gasteiger partial charge in [0.2, 0.25) is 6.17 Å². The number of urea groups is 1. The fourth-order valence-corrected chi connectivity index (χ4v) is 4.96. The maximum absolute atomic E-state index is 14.0. The van der Waals surface area contributed by atoms with Crippen molar-refractivity contribution >= 4 is 46.4 Å². The van der Waals surface area contributed by atoms with Crippen molar-refractivity contribution in [1.29, 1.82) is 0 Å². The van der Waals surface area contributed by atoms with Crippen LogP contribution in [0.15, 0.2) is 102 Å². The molecule has 0 saturated heterocycles. The van der Waals surface area contributed by atoms with Gasteiger partial charge in [-0.25, -0.2) is 9.79 Å². The number of aliphatic imine (C=N–C) groups is 1. The number of fused-ring (bicyclic) bond motifs is 1. The topological polar surface area (TPSA) is 90.9 Å². The minimum Gasteiger partial charge on any atom is -0.308 e. The van der Waals surface area contributed by atoms with Crippen molar-refractivity contribution in [2.24, 2.45) is 4.99 Å². The summed E-state index contributed by atoms with van der Waals surface area (Å²) in [5, 5.41) is 4.26. The third-order valence-electron chi connectivity index (χ3n) is 6.80. The van der Waals surface area contributed by atoms with Crippen molar-refractivity contribution < 1.29 is 27.6 Å². The van der Waals surface area contributed by atoms with E-state index in [9.17, 15) is 27.6 Å². The Morgan fingerprint density at radius 2 is 1.60 bits per heavy atom. The molecule has 5 rings (SSSR count). The molecule has 4 aromatic carbocycles. The van der Waals surface area contributed by atoms with Gasteiger partial charge in [0, 0.05) is 22.4 Å². The molecular weight excluding hydrogens is 581 g/mol. The summed E-state index contributed by atoms with van der Waals surface area (Å²) in [6.45, 7) is 1.45. The summed E-state index contributed by atoms with van der Waals surface area (Å²) in [4.78, 5) is 46.4. The Labute approximate surface area is 250 Å². The molecule has 0 spiro atoms. The molecular formula is C32H24ClF3N4O3. The molecule has 0 saturated carbocycles. The highest BCUT2D eigenvalue weighted by atomic mass is 35.5. The number of rotatable bonds is 6. The first-order chi connectivity index (χ1) is 20.5. The van der Waals surface area contributed by atoms with Gasteiger partial charge >= 0.3 is 12.2 Å². The number of hydrogen-bond acceptors (Lipinski definition) is 4. The second-order valence-electron chi connectivity index (χ2n) is 9.72. The Morgan fingerprint density at radius 3 is 2.33 bits per heavy atom. The van der Waals surface area contributed by atoms with Crippen molar-refractivity contribution in [2.75, 3.05) is 16.8 Å². The smallest absolute Gasteiger partial charge is 0.308 e. The van der Waals surface area contributed by atoms with E-state index < -0.39 is 34.9 Å². The molecule has 43 heavy (non-hydrogen) atoms. The number of alkyl halides is 3. The van der Waals surface area contributed by atoms with E-state index >= 15 is 0 Å². The molecule has 1 unspecified atom stereocenters. The van der Waals surface area contributed by atoms with Gasteiger partial charge < -0.3 is 15.5 Å². The monoisotopic (exact) mass is 604 g/mol. The molecule has 2 N–H and O–H groups in total. The molecule has 3 amide bonds. The van der Waals surface area contributed by atoms with E-state index in [0.717, 1.165) is 11.6 Å². The van der Waals surface area contributed by atoms with Crippen LogP contribution < -0.4 is 15.5 Å². The number of nitrogens with one attached hydrogen (secondary N) is 2. The van der Waals surface area contributed by atoms with Crippen LogP contribution in [-0.4, -0.2) is 36.1 Å². The fourth-order valence-electron chi connectivity index (χ4n) is 4.74. The minimum atomic E-state index is -4.74. The fraction of sp³-hybridized carbons (Fsp3) is 0.125. The number of aryl methyl sites for hydroxylation is 1. The number of anilines is 2. The number of amides is 3. The lowest BCUT2D eigenvalue weighted by atomic mass is 9.99. The van der Waals surface area contributed by atoms with Gasteiger partial charge in [0.1, 0.15) is 0 Å². The molecule has 0 fully saturated rings. The zero-order valence-electron chi connectivity index (χ0n) is 22.7. The van der Waals surface area contributed by atoms with E-state index in [2.05, 4.69) is 15.6 Å². The Bertz CT molecular complexity index is 1740. The Kier molecular flexibility index (Phi) is 8.31. The summed E-state index contributed by atoms with van der Waals surface area (Å²) in [6, 6.07) is 24.8. The first-order valence-electron chi connectivity index (χ1n) is 13.1. The van der Waals surface area contributed by atoms with Gasteiger partial charge in [-0.15, -0.1) is 0 Å². The number of para-hydroxylation sites is 1. The Balaban J connectivity index is 1.52. The lowest BCUT2D eigenvalue weighted by molar-refractivity contribution is -0.137. The quantitative estimate of drug-likeness (QED) is 0.235. The van der Waals surface area contributed by atoms with Crippen LogP contribution in [-0.2, 0) is 11.0 Å². The average Bonchev–Trinajstić information content (AvgIpc) is 3.09. The van der Waals surface area contributed by atoms with E-state index in [4.69, 9.17) is 11.6 Å². The van der Waals surface area contributed by atoms with Gasteiger partial charge in [0.25, 0.3) is 5.91 Å². The molecule has 11 heteroatoms. The summed E-state index contributed by atoms with van der Waals surface area (Å²) < 4.78 is 40.1. The third-order valence-corrected chi connectivity index (χ3v) is 7.13. The molecule has 218 valence electrons. The molecule has 0 aromatic heterocycles. The Hall–Kier alpha value is -4.96. The van der Waals surface area contributed by atoms with E-state index in [0.29, 0.717) is 34.2 Å². The van der Waals surface area contributed by atoms with Crippen LogP contribution in [0.1, 0.15) is 32.6 Å². The molecule has 1 aliphatic heterocycles. The largest absolute Gasteiger partial charge is 0.417 e. The first-order valence-corrected chi connectivity index (χ1v) is 13.5. The van der Waals surface area contributed by atoms with Gasteiger partial charge in [-0.3, -0.25) is 9.59 Å². The number of benzene rings is 4. The minimum absolute atomic E-state index is 0.197. The van der Waals surface area contributed by atoms with Crippen LogP contribution >= 0.6 is 11.6 Å². The highest BCUT2D eigenvalue weighted by Gasteiger charge is 2.35. The van der Waals surface area contributed by atoms with Gasteiger partial charge in [-0.1, -0.05) is 84.4 Å². The van der Waals surface area contributed by atoms with Crippen molar-refractivity contribution in [1.82, 2.24) is 5.32 Å². The average molecular weight is 605 g/mol. The van der Waals surface area contributed by atoms with E-state index in [-0.39, 0.29) is 18.0 Å². The Morgan fingerprint density at radius 1 is 0.930 bits per heavy atom. The second-order valence-corrected chi connectivity index (χ2v) is 10.1. The van der Waals surface area contributed by atoms with Crippen LogP contribution in [0.3, 0.4) is 0 Å². The summed E-state index contributed by atoms with van der Waals surface area (Å²) in [7, 11) is 0. The van der Waals surface area contributed by atoms with Gasteiger partial charge in [0.05, 0.1) is 28.5 Å². The van der Waals surface area contributed by atoms with Gasteiger partial charge in [-0.2, -0.15) is 13.2 Å². The standard InChI is InChI=1S/C32H24ClF3N4O3/c1-19-9-5-6-12-22(19)27(41)18-40-26-14-8-7-13-23(26)28(20-10-3-2-4-11-20)38-29(30(40)42)39-31(43)37-21-15-16-25(33)24(17-21)32(34,35)36/h2-17,29H,18H2,1H3,(H2,37,39,43). The molecule has 0 radical (unpaired) electrons. The number of hydrogen-bond donors (Lipinski definition) is 2. The predicted octanol–water partition coefficient (Wildman–Crippen LogP) is 6.88. The van der Waals surface area contributed by atoms with Crippen LogP contribution in [0.5, 0.6) is 0 Å². The number of carbonyl (C=O) groups is 3.